The number of rotatable bonds is 16. The highest BCUT2D eigenvalue weighted by Crippen LogP contribution is 2.57. The number of ketones is 1. The van der Waals surface area contributed by atoms with E-state index in [4.69, 9.17) is 28.6 Å². The van der Waals surface area contributed by atoms with Crippen molar-refractivity contribution in [1.29, 1.82) is 0 Å². The standard InChI is InChI=1S/C47H53N5O10S2/c1-9-28-22-47(28,45(56)51-64(57,58)31-18-19-31)23-35(53)34-20-30(24-52(34)43(54)33(46(5,6)7)21-37-48-26(4)40(63-37)44(55)59-8)61-42-39-38(32-12-10-11-13-36(32)62-39)49-41(50-42)27-14-16-29(17-15-27)60-25(2)3/h9-17,25,28,30-31,33-34H,1,18-24H2,2-8H3,(H,51,56)/t28-,30-,33-,34+,47-/m1/s1. The van der Waals surface area contributed by atoms with Crippen molar-refractivity contribution in [3.8, 4) is 23.0 Å². The van der Waals surface area contributed by atoms with Crippen LogP contribution in [0.1, 0.15) is 87.1 Å². The first-order chi connectivity index (χ1) is 30.3. The number of aryl methyl sites for hydroxylation is 1. The van der Waals surface area contributed by atoms with E-state index in [0.29, 0.717) is 62.2 Å². The number of aromatic nitrogens is 3. The second-order valence-electron chi connectivity index (χ2n) is 18.5. The predicted octanol–water partition coefficient (Wildman–Crippen LogP) is 7.39. The van der Waals surface area contributed by atoms with Gasteiger partial charge in [0.2, 0.25) is 27.4 Å². The smallest absolute Gasteiger partial charge is 0.349 e. The molecule has 0 spiro atoms. The zero-order chi connectivity index (χ0) is 45.9. The summed E-state index contributed by atoms with van der Waals surface area (Å²) in [6.07, 6.45) is 1.86. The Bertz CT molecular complexity index is 2770. The van der Waals surface area contributed by atoms with Gasteiger partial charge in [-0.25, -0.2) is 23.2 Å². The van der Waals surface area contributed by atoms with Gasteiger partial charge in [-0.2, -0.15) is 4.98 Å². The molecule has 17 heteroatoms. The summed E-state index contributed by atoms with van der Waals surface area (Å²) in [5.74, 6) is -1.97. The zero-order valence-electron chi connectivity index (χ0n) is 37.0. The number of hydrogen-bond acceptors (Lipinski definition) is 14. The number of furan rings is 1. The first kappa shape index (κ1) is 44.9. The Morgan fingerprint density at radius 3 is 2.42 bits per heavy atom. The molecule has 2 saturated carbocycles. The number of carbonyl (C=O) groups is 4. The number of nitrogens with one attached hydrogen (secondary N) is 1. The van der Waals surface area contributed by atoms with Crippen LogP contribution in [0.3, 0.4) is 0 Å². The molecule has 3 fully saturated rings. The Kier molecular flexibility index (Phi) is 12.0. The maximum Gasteiger partial charge on any atom is 0.349 e. The SMILES string of the molecule is C=C[C@@H]1C[C@]1(CC(=O)[C@@H]1C[C@@H](Oc2nc(-c3ccc(OC(C)C)cc3)nc3c2oc2ccccc23)CN1C(=O)[C@@H](Cc1nc(C)c(C(=O)OC)s1)C(C)(C)C)C(=O)NS(=O)(=O)C1CC1. The minimum atomic E-state index is -3.90. The van der Waals surface area contributed by atoms with Crippen LogP contribution >= 0.6 is 11.3 Å². The Morgan fingerprint density at radius 1 is 1.06 bits per heavy atom. The molecule has 15 nitrogen and oxygen atoms in total. The van der Waals surface area contributed by atoms with Crippen LogP contribution in [-0.4, -0.2) is 89.0 Å². The summed E-state index contributed by atoms with van der Waals surface area (Å²) in [6.45, 7) is 15.2. The van der Waals surface area contributed by atoms with Crippen molar-refractivity contribution in [3.05, 3.63) is 76.8 Å². The van der Waals surface area contributed by atoms with E-state index < -0.39 is 67.7 Å². The molecule has 3 aliphatic rings. The van der Waals surface area contributed by atoms with Gasteiger partial charge in [-0.15, -0.1) is 17.9 Å². The molecule has 1 saturated heterocycles. The summed E-state index contributed by atoms with van der Waals surface area (Å²) in [7, 11) is -2.60. The molecule has 2 aliphatic carbocycles. The van der Waals surface area contributed by atoms with Crippen molar-refractivity contribution in [2.75, 3.05) is 13.7 Å². The molecular formula is C47H53N5O10S2. The van der Waals surface area contributed by atoms with Gasteiger partial charge in [0.15, 0.2) is 11.6 Å². The molecule has 3 aromatic heterocycles. The van der Waals surface area contributed by atoms with E-state index in [1.807, 2.05) is 83.1 Å². The molecule has 338 valence electrons. The van der Waals surface area contributed by atoms with E-state index >= 15 is 4.79 Å². The summed E-state index contributed by atoms with van der Waals surface area (Å²) in [5, 5.41) is 0.672. The number of ether oxygens (including phenoxy) is 3. The number of hydrogen-bond donors (Lipinski definition) is 1. The van der Waals surface area contributed by atoms with E-state index in [2.05, 4.69) is 16.3 Å². The number of para-hydroxylation sites is 1. The molecule has 5 aromatic rings. The van der Waals surface area contributed by atoms with Crippen LogP contribution in [0.15, 0.2) is 65.6 Å². The first-order valence-corrected chi connectivity index (χ1v) is 23.9. The molecule has 64 heavy (non-hydrogen) atoms. The second kappa shape index (κ2) is 17.0. The summed E-state index contributed by atoms with van der Waals surface area (Å²) in [4.78, 5) is 72.5. The Hall–Kier alpha value is -5.68. The number of esters is 1. The van der Waals surface area contributed by atoms with Gasteiger partial charge < -0.3 is 23.5 Å². The number of nitrogens with zero attached hydrogens (tertiary/aromatic N) is 4. The zero-order valence-corrected chi connectivity index (χ0v) is 38.6. The minimum Gasteiger partial charge on any atom is -0.491 e. The lowest BCUT2D eigenvalue weighted by Gasteiger charge is -2.35. The molecular weight excluding hydrogens is 859 g/mol. The summed E-state index contributed by atoms with van der Waals surface area (Å²) >= 11 is 1.16. The van der Waals surface area contributed by atoms with Gasteiger partial charge in [0.25, 0.3) is 5.88 Å². The third-order valence-electron chi connectivity index (χ3n) is 12.4. The van der Waals surface area contributed by atoms with E-state index in [1.54, 1.807) is 13.0 Å². The second-order valence-corrected chi connectivity index (χ2v) is 21.5. The van der Waals surface area contributed by atoms with E-state index in [9.17, 15) is 22.8 Å². The highest BCUT2D eigenvalue weighted by molar-refractivity contribution is 7.90. The Morgan fingerprint density at radius 2 is 1.78 bits per heavy atom. The average molecular weight is 912 g/mol. The monoisotopic (exact) mass is 911 g/mol. The van der Waals surface area contributed by atoms with Crippen LogP contribution < -0.4 is 14.2 Å². The van der Waals surface area contributed by atoms with Gasteiger partial charge in [0, 0.05) is 36.1 Å². The largest absolute Gasteiger partial charge is 0.491 e. The summed E-state index contributed by atoms with van der Waals surface area (Å²) in [5.41, 5.74) is 0.591. The number of allylic oxidation sites excluding steroid dienone is 1. The topological polar surface area (TPSA) is 197 Å². The van der Waals surface area contributed by atoms with E-state index in [1.165, 1.54) is 12.0 Å². The molecule has 5 atom stereocenters. The van der Waals surface area contributed by atoms with Crippen LogP contribution in [0, 0.1) is 29.6 Å². The molecule has 0 radical (unpaired) electrons. The quantitative estimate of drug-likeness (QED) is 0.0760. The van der Waals surface area contributed by atoms with Crippen LogP contribution in [-0.2, 0) is 35.6 Å². The van der Waals surface area contributed by atoms with Crippen molar-refractivity contribution in [1.82, 2.24) is 24.6 Å². The van der Waals surface area contributed by atoms with E-state index in [0.717, 1.165) is 16.7 Å². The molecule has 2 amide bonds. The fourth-order valence-electron chi connectivity index (χ4n) is 8.59. The van der Waals surface area contributed by atoms with Crippen LogP contribution in [0.25, 0.3) is 33.5 Å². The number of amides is 2. The third-order valence-corrected chi connectivity index (χ3v) is 15.3. The molecule has 4 heterocycles. The van der Waals surface area contributed by atoms with Crippen molar-refractivity contribution in [2.24, 2.45) is 22.7 Å². The number of fused-ring (bicyclic) bond motifs is 3. The lowest BCUT2D eigenvalue weighted by atomic mass is 9.77. The van der Waals surface area contributed by atoms with Gasteiger partial charge >= 0.3 is 5.97 Å². The van der Waals surface area contributed by atoms with E-state index in [-0.39, 0.29) is 50.1 Å². The van der Waals surface area contributed by atoms with Crippen molar-refractivity contribution < 1.29 is 46.2 Å². The number of benzene rings is 2. The molecule has 0 unspecified atom stereocenters. The maximum atomic E-state index is 15.1. The Labute approximate surface area is 376 Å². The number of likely N-dealkylation sites (tertiary alicyclic amines) is 1. The molecule has 8 rings (SSSR count). The highest BCUT2D eigenvalue weighted by Gasteiger charge is 2.61. The Balaban J connectivity index is 1.15. The number of carbonyl (C=O) groups excluding carboxylic acids is 4. The van der Waals surface area contributed by atoms with Gasteiger partial charge in [-0.1, -0.05) is 39.0 Å². The van der Waals surface area contributed by atoms with Crippen LogP contribution in [0.5, 0.6) is 11.6 Å². The average Bonchev–Trinajstić information content (AvgIpc) is 4.11. The van der Waals surface area contributed by atoms with Crippen molar-refractivity contribution >= 4 is 67.0 Å². The third kappa shape index (κ3) is 8.88. The van der Waals surface area contributed by atoms with Crippen LogP contribution in [0.2, 0.25) is 0 Å². The molecule has 2 aromatic carbocycles. The van der Waals surface area contributed by atoms with Gasteiger partial charge in [-0.3, -0.25) is 19.1 Å². The summed E-state index contributed by atoms with van der Waals surface area (Å²) in [6, 6.07) is 13.8. The minimum absolute atomic E-state index is 0.0159. The molecule has 0 bridgehead atoms. The number of methoxy groups -OCH3 is 1. The predicted molar refractivity (Wildman–Crippen MR) is 240 cm³/mol. The first-order valence-electron chi connectivity index (χ1n) is 21.5. The highest BCUT2D eigenvalue weighted by atomic mass is 32.2. The lowest BCUT2D eigenvalue weighted by molar-refractivity contribution is -0.144. The fraction of sp³-hybridized carbons (Fsp3) is 0.468. The maximum absolute atomic E-state index is 15.1. The number of Topliss-reactive ketones (excluding diaryl/α,β-unsaturated/α-hetero) is 1. The van der Waals surface area contributed by atoms with Gasteiger partial charge in [0.05, 0.1) is 47.2 Å². The molecule has 1 N–H and O–H groups in total. The van der Waals surface area contributed by atoms with Crippen molar-refractivity contribution in [3.63, 3.8) is 0 Å². The summed E-state index contributed by atoms with van der Waals surface area (Å²) < 4.78 is 52.0. The number of thiazole rings is 1. The normalized spacial score (nSPS) is 21.5. The number of sulfonamides is 1. The molecule has 1 aliphatic heterocycles. The van der Waals surface area contributed by atoms with Gasteiger partial charge in [0.1, 0.15) is 27.8 Å². The fourth-order valence-corrected chi connectivity index (χ4v) is 11.0. The van der Waals surface area contributed by atoms with Crippen LogP contribution in [0.4, 0.5) is 0 Å². The van der Waals surface area contributed by atoms with Crippen molar-refractivity contribution in [2.45, 2.75) is 104 Å². The van der Waals surface area contributed by atoms with Gasteiger partial charge in [-0.05, 0) is 87.8 Å². The lowest BCUT2D eigenvalue weighted by Crippen LogP contribution is -2.48.